The second-order valence-electron chi connectivity index (χ2n) is 8.47. The van der Waals surface area contributed by atoms with Crippen molar-refractivity contribution in [3.05, 3.63) is 94.3 Å². The van der Waals surface area contributed by atoms with E-state index in [0.717, 1.165) is 10.7 Å². The van der Waals surface area contributed by atoms with Crippen molar-refractivity contribution >= 4 is 29.2 Å². The highest BCUT2D eigenvalue weighted by atomic mass is 35.5. The zero-order chi connectivity index (χ0) is 29.5. The van der Waals surface area contributed by atoms with Gasteiger partial charge in [0.25, 0.3) is 5.91 Å². The summed E-state index contributed by atoms with van der Waals surface area (Å²) in [4.78, 5) is 23.9. The van der Waals surface area contributed by atoms with E-state index >= 15 is 0 Å². The summed E-state index contributed by atoms with van der Waals surface area (Å²) in [6.45, 7) is -0.493. The van der Waals surface area contributed by atoms with Crippen molar-refractivity contribution in [2.75, 3.05) is 5.32 Å². The molecule has 4 aromatic rings. The normalized spacial score (nSPS) is 13.6. The molecular formula is C26H15ClF5N3O6. The summed E-state index contributed by atoms with van der Waals surface area (Å²) in [5.41, 5.74) is -1.50. The van der Waals surface area contributed by atoms with E-state index in [1.165, 1.54) is 60.7 Å². The predicted octanol–water partition coefficient (Wildman–Crippen LogP) is 6.40. The largest absolute Gasteiger partial charge is 0.586 e. The minimum absolute atomic E-state index is 0.0122. The molecule has 0 radical (unpaired) electrons. The molecule has 3 aromatic carbocycles. The third kappa shape index (κ3) is 5.87. The maximum absolute atomic E-state index is 13.6. The minimum Gasteiger partial charge on any atom is -0.487 e. The number of rotatable bonds is 7. The van der Waals surface area contributed by atoms with Gasteiger partial charge in [-0.25, -0.2) is 9.48 Å². The molecule has 0 bridgehead atoms. The van der Waals surface area contributed by atoms with E-state index in [2.05, 4.69) is 19.9 Å². The van der Waals surface area contributed by atoms with Gasteiger partial charge in [0.15, 0.2) is 17.2 Å². The lowest BCUT2D eigenvalue weighted by molar-refractivity contribution is -0.286. The summed E-state index contributed by atoms with van der Waals surface area (Å²) < 4.78 is 82.6. The first-order chi connectivity index (χ1) is 19.3. The van der Waals surface area contributed by atoms with Crippen molar-refractivity contribution < 1.29 is 50.9 Å². The number of amides is 1. The molecule has 1 amide bonds. The van der Waals surface area contributed by atoms with Gasteiger partial charge >= 0.3 is 18.4 Å². The Morgan fingerprint density at radius 1 is 1.00 bits per heavy atom. The fourth-order valence-electron chi connectivity index (χ4n) is 3.81. The summed E-state index contributed by atoms with van der Waals surface area (Å²) in [7, 11) is 0. The maximum Gasteiger partial charge on any atom is 0.586 e. The Labute approximate surface area is 231 Å². The Bertz CT molecular complexity index is 1660. The molecule has 0 saturated carbocycles. The average Bonchev–Trinajstić information content (AvgIpc) is 3.41. The van der Waals surface area contributed by atoms with Crippen molar-refractivity contribution in [1.82, 2.24) is 9.78 Å². The first-order valence-electron chi connectivity index (χ1n) is 11.4. The minimum atomic E-state index is -4.91. The van der Waals surface area contributed by atoms with Crippen molar-refractivity contribution in [2.45, 2.75) is 19.1 Å². The smallest absolute Gasteiger partial charge is 0.487 e. The number of carbonyl (C=O) groups excluding carboxylic acids is 1. The second-order valence-corrected chi connectivity index (χ2v) is 8.85. The summed E-state index contributed by atoms with van der Waals surface area (Å²) in [6, 6.07) is 14.1. The topological polar surface area (TPSA) is 112 Å². The summed E-state index contributed by atoms with van der Waals surface area (Å²) in [5, 5.41) is 14.4. The van der Waals surface area contributed by atoms with Crippen molar-refractivity contribution in [2.24, 2.45) is 0 Å². The van der Waals surface area contributed by atoms with E-state index in [-0.39, 0.29) is 45.4 Å². The van der Waals surface area contributed by atoms with Crippen molar-refractivity contribution in [1.29, 1.82) is 0 Å². The number of aromatic nitrogens is 2. The fourth-order valence-corrected chi connectivity index (χ4v) is 4.09. The SMILES string of the molecule is O=C(O)c1ccc(OCc2c(Cl)c(C(F)(F)F)nn2-c2cccc(C(=O)Nc3ccc4c(c3)OC(F)(F)O4)c2)cc1. The number of nitrogens with zero attached hydrogens (tertiary/aromatic N) is 2. The number of ether oxygens (including phenoxy) is 3. The Hall–Kier alpha value is -4.85. The zero-order valence-electron chi connectivity index (χ0n) is 20.2. The number of halogens is 6. The molecule has 2 heterocycles. The Morgan fingerprint density at radius 3 is 2.39 bits per heavy atom. The van der Waals surface area contributed by atoms with Crippen molar-refractivity contribution in [3.63, 3.8) is 0 Å². The molecular weight excluding hydrogens is 581 g/mol. The Kier molecular flexibility index (Phi) is 6.95. The number of nitrogens with one attached hydrogen (secondary N) is 1. The van der Waals surface area contributed by atoms with Crippen LogP contribution in [0, 0.1) is 0 Å². The highest BCUT2D eigenvalue weighted by Crippen LogP contribution is 2.42. The van der Waals surface area contributed by atoms with Gasteiger partial charge in [-0.15, -0.1) is 8.78 Å². The summed E-state index contributed by atoms with van der Waals surface area (Å²) in [6.07, 6.45) is -8.76. The van der Waals surface area contributed by atoms with E-state index in [1.807, 2.05) is 0 Å². The van der Waals surface area contributed by atoms with Crippen LogP contribution in [0.25, 0.3) is 5.69 Å². The summed E-state index contributed by atoms with van der Waals surface area (Å²) >= 11 is 6.06. The van der Waals surface area contributed by atoms with Crippen LogP contribution in [-0.2, 0) is 12.8 Å². The highest BCUT2D eigenvalue weighted by molar-refractivity contribution is 6.32. The molecule has 41 heavy (non-hydrogen) atoms. The fraction of sp³-hybridized carbons (Fsp3) is 0.115. The number of hydrogen-bond acceptors (Lipinski definition) is 6. The van der Waals surface area contributed by atoms with Gasteiger partial charge in [-0.3, -0.25) is 4.79 Å². The first kappa shape index (κ1) is 27.7. The lowest BCUT2D eigenvalue weighted by Crippen LogP contribution is -2.25. The lowest BCUT2D eigenvalue weighted by Gasteiger charge is -2.12. The van der Waals surface area contributed by atoms with Gasteiger partial charge < -0.3 is 24.6 Å². The Morgan fingerprint density at radius 2 is 1.71 bits per heavy atom. The van der Waals surface area contributed by atoms with Gasteiger partial charge in [-0.05, 0) is 54.6 Å². The molecule has 1 aromatic heterocycles. The van der Waals surface area contributed by atoms with E-state index in [9.17, 15) is 31.5 Å². The number of carboxylic acid groups (broad SMARTS) is 1. The van der Waals surface area contributed by atoms with Crippen LogP contribution in [0.3, 0.4) is 0 Å². The second kappa shape index (κ2) is 10.3. The number of carbonyl (C=O) groups is 2. The van der Waals surface area contributed by atoms with Crippen LogP contribution in [0.2, 0.25) is 5.02 Å². The van der Waals surface area contributed by atoms with Crippen LogP contribution >= 0.6 is 11.6 Å². The Balaban J connectivity index is 1.41. The predicted molar refractivity (Wildman–Crippen MR) is 132 cm³/mol. The molecule has 15 heteroatoms. The third-order valence-electron chi connectivity index (χ3n) is 5.67. The number of hydrogen-bond donors (Lipinski definition) is 2. The molecule has 0 spiro atoms. The van der Waals surface area contributed by atoms with Gasteiger partial charge in [0.2, 0.25) is 0 Å². The molecule has 0 aliphatic carbocycles. The number of fused-ring (bicyclic) bond motifs is 1. The number of anilines is 1. The van der Waals surface area contributed by atoms with Crippen LogP contribution < -0.4 is 19.5 Å². The van der Waals surface area contributed by atoms with Crippen LogP contribution in [0.1, 0.15) is 32.1 Å². The van der Waals surface area contributed by atoms with Crippen molar-refractivity contribution in [3.8, 4) is 22.9 Å². The quantitative estimate of drug-likeness (QED) is 0.238. The number of aromatic carboxylic acids is 1. The van der Waals surface area contributed by atoms with Crippen LogP contribution in [0.5, 0.6) is 17.2 Å². The van der Waals surface area contributed by atoms with Gasteiger partial charge in [0.05, 0.1) is 16.3 Å². The number of alkyl halides is 5. The molecule has 0 fully saturated rings. The standard InChI is InChI=1S/C26H15ClF5N3O6/c27-21-18(12-39-17-7-4-13(5-8-17)24(37)38)35(34-22(21)25(28,29)30)16-3-1-2-14(10-16)23(36)33-15-6-9-19-20(11-15)41-26(31,32)40-19/h1-11H,12H2,(H,33,36)(H,37,38). The van der Waals surface area contributed by atoms with Crippen LogP contribution in [0.15, 0.2) is 66.7 Å². The van der Waals surface area contributed by atoms with E-state index in [0.29, 0.717) is 0 Å². The van der Waals surface area contributed by atoms with E-state index in [4.69, 9.17) is 21.4 Å². The molecule has 2 N–H and O–H groups in total. The molecule has 9 nitrogen and oxygen atoms in total. The third-order valence-corrected chi connectivity index (χ3v) is 6.07. The van der Waals surface area contributed by atoms with Gasteiger partial charge in [-0.1, -0.05) is 17.7 Å². The van der Waals surface area contributed by atoms with Gasteiger partial charge in [0, 0.05) is 17.3 Å². The zero-order valence-corrected chi connectivity index (χ0v) is 21.0. The van der Waals surface area contributed by atoms with E-state index in [1.54, 1.807) is 0 Å². The number of benzene rings is 3. The number of carboxylic acids is 1. The van der Waals surface area contributed by atoms with E-state index < -0.39 is 41.7 Å². The molecule has 0 unspecified atom stereocenters. The first-order valence-corrected chi connectivity index (χ1v) is 11.8. The average molecular weight is 596 g/mol. The monoisotopic (exact) mass is 595 g/mol. The lowest BCUT2D eigenvalue weighted by atomic mass is 10.1. The van der Waals surface area contributed by atoms with Gasteiger partial charge in [0.1, 0.15) is 18.1 Å². The molecule has 5 rings (SSSR count). The molecule has 0 atom stereocenters. The molecule has 1 aliphatic heterocycles. The highest BCUT2D eigenvalue weighted by Gasteiger charge is 2.43. The maximum atomic E-state index is 13.6. The van der Waals surface area contributed by atoms with Crippen LogP contribution in [-0.4, -0.2) is 33.1 Å². The molecule has 1 aliphatic rings. The summed E-state index contributed by atoms with van der Waals surface area (Å²) in [5.74, 6) is -2.25. The van der Waals surface area contributed by atoms with Gasteiger partial charge in [-0.2, -0.15) is 18.3 Å². The molecule has 0 saturated heterocycles. The van der Waals surface area contributed by atoms with Crippen LogP contribution in [0.4, 0.5) is 27.6 Å². The molecule has 212 valence electrons.